The zero-order valence-electron chi connectivity index (χ0n) is 19.3. The first kappa shape index (κ1) is 21.2. The number of H-pyrrole nitrogens is 1. The fourth-order valence-electron chi connectivity index (χ4n) is 5.34. The molecule has 3 aromatic carbocycles. The number of carbonyl (C=O) groups excluding carboxylic acids is 1. The number of nitrogens with zero attached hydrogens (tertiary/aromatic N) is 1. The summed E-state index contributed by atoms with van der Waals surface area (Å²) in [6.45, 7) is 0. The van der Waals surface area contributed by atoms with E-state index < -0.39 is 5.92 Å². The number of para-hydroxylation sites is 1. The smallest absolute Gasteiger partial charge is 0.277 e. The number of ketones is 1. The number of aromatic nitrogens is 2. The molecule has 0 saturated carbocycles. The summed E-state index contributed by atoms with van der Waals surface area (Å²) in [5.41, 5.74) is 4.75. The van der Waals surface area contributed by atoms with E-state index in [2.05, 4.69) is 22.5 Å². The number of hydrogen-bond acceptors (Lipinski definition) is 4. The minimum absolute atomic E-state index is 0.0749. The van der Waals surface area contributed by atoms with E-state index in [1.165, 1.54) is 0 Å². The molecule has 4 aromatic rings. The minimum Gasteiger partial charge on any atom is -0.497 e. The largest absolute Gasteiger partial charge is 0.497 e. The number of Topliss-reactive ketones (excluding diaryl/α,β-unsaturated/α-hetero) is 1. The van der Waals surface area contributed by atoms with E-state index in [1.54, 1.807) is 11.8 Å². The fourth-order valence-corrected chi connectivity index (χ4v) is 5.34. The Morgan fingerprint density at radius 2 is 1.51 bits per heavy atom. The molecule has 1 aromatic heterocycles. The lowest BCUT2D eigenvalue weighted by molar-refractivity contribution is -0.116. The maximum Gasteiger partial charge on any atom is 0.277 e. The Labute approximate surface area is 202 Å². The van der Waals surface area contributed by atoms with E-state index in [0.717, 1.165) is 28.3 Å². The molecule has 0 unspecified atom stereocenters. The quantitative estimate of drug-likeness (QED) is 0.440. The number of carbonyl (C=O) groups is 1. The molecule has 0 radical (unpaired) electrons. The van der Waals surface area contributed by atoms with Crippen LogP contribution in [-0.4, -0.2) is 22.7 Å². The maximum absolute atomic E-state index is 13.7. The molecule has 35 heavy (non-hydrogen) atoms. The van der Waals surface area contributed by atoms with Crippen LogP contribution in [0.15, 0.2) is 101 Å². The molecule has 2 N–H and O–H groups in total. The third-order valence-corrected chi connectivity index (χ3v) is 7.02. The van der Waals surface area contributed by atoms with Crippen molar-refractivity contribution in [2.75, 3.05) is 12.4 Å². The van der Waals surface area contributed by atoms with Gasteiger partial charge in [-0.25, -0.2) is 4.68 Å². The summed E-state index contributed by atoms with van der Waals surface area (Å²) in [7, 11) is 1.62. The van der Waals surface area contributed by atoms with E-state index >= 15 is 0 Å². The van der Waals surface area contributed by atoms with Gasteiger partial charge in [0.1, 0.15) is 11.6 Å². The summed E-state index contributed by atoms with van der Waals surface area (Å²) in [5, 5.41) is 6.71. The van der Waals surface area contributed by atoms with Crippen molar-refractivity contribution < 1.29 is 9.53 Å². The number of benzene rings is 3. The van der Waals surface area contributed by atoms with Crippen molar-refractivity contribution in [3.8, 4) is 11.4 Å². The van der Waals surface area contributed by atoms with Crippen LogP contribution in [-0.2, 0) is 4.79 Å². The van der Waals surface area contributed by atoms with Crippen molar-refractivity contribution in [1.29, 1.82) is 0 Å². The van der Waals surface area contributed by atoms with Gasteiger partial charge in [0.2, 0.25) is 0 Å². The van der Waals surface area contributed by atoms with Crippen molar-refractivity contribution in [3.63, 3.8) is 0 Å². The van der Waals surface area contributed by atoms with Gasteiger partial charge in [0, 0.05) is 23.6 Å². The van der Waals surface area contributed by atoms with Crippen LogP contribution in [0.1, 0.15) is 41.4 Å². The Bertz CT molecular complexity index is 1480. The van der Waals surface area contributed by atoms with Crippen molar-refractivity contribution >= 4 is 11.6 Å². The van der Waals surface area contributed by atoms with Gasteiger partial charge in [0.15, 0.2) is 5.78 Å². The molecule has 0 bridgehead atoms. The zero-order valence-corrected chi connectivity index (χ0v) is 19.3. The topological polar surface area (TPSA) is 76.1 Å². The second-order valence-corrected chi connectivity index (χ2v) is 9.04. The van der Waals surface area contributed by atoms with E-state index in [1.807, 2.05) is 72.8 Å². The van der Waals surface area contributed by atoms with Crippen LogP contribution in [0.2, 0.25) is 0 Å². The van der Waals surface area contributed by atoms with E-state index in [9.17, 15) is 9.59 Å². The van der Waals surface area contributed by atoms with Crippen LogP contribution in [0, 0.1) is 0 Å². The van der Waals surface area contributed by atoms with Gasteiger partial charge in [-0.15, -0.1) is 0 Å². The van der Waals surface area contributed by atoms with Crippen LogP contribution in [0.4, 0.5) is 5.82 Å². The molecular weight excluding hydrogens is 438 g/mol. The summed E-state index contributed by atoms with van der Waals surface area (Å²) in [5.74, 6) is 1.08. The first-order chi connectivity index (χ1) is 17.1. The Kier molecular flexibility index (Phi) is 5.14. The molecule has 2 heterocycles. The van der Waals surface area contributed by atoms with Gasteiger partial charge in [0.25, 0.3) is 5.56 Å². The van der Waals surface area contributed by atoms with Crippen LogP contribution < -0.4 is 15.6 Å². The number of anilines is 1. The van der Waals surface area contributed by atoms with Crippen LogP contribution in [0.3, 0.4) is 0 Å². The van der Waals surface area contributed by atoms with Gasteiger partial charge in [-0.3, -0.25) is 14.7 Å². The Balaban J connectivity index is 1.51. The summed E-state index contributed by atoms with van der Waals surface area (Å²) in [4.78, 5) is 27.4. The lowest BCUT2D eigenvalue weighted by Crippen LogP contribution is -2.32. The molecule has 0 amide bonds. The lowest BCUT2D eigenvalue weighted by atomic mass is 9.73. The van der Waals surface area contributed by atoms with Crippen LogP contribution >= 0.6 is 0 Å². The van der Waals surface area contributed by atoms with Crippen molar-refractivity contribution in [2.24, 2.45) is 0 Å². The van der Waals surface area contributed by atoms with E-state index in [0.29, 0.717) is 29.8 Å². The molecule has 174 valence electrons. The predicted octanol–water partition coefficient (Wildman–Crippen LogP) is 5.13. The molecule has 1 aliphatic carbocycles. The molecule has 2 atom stereocenters. The number of aromatic amines is 1. The second-order valence-electron chi connectivity index (χ2n) is 9.04. The van der Waals surface area contributed by atoms with Gasteiger partial charge >= 0.3 is 0 Å². The number of fused-ring (bicyclic) bond motifs is 1. The van der Waals surface area contributed by atoms with Gasteiger partial charge in [-0.1, -0.05) is 60.7 Å². The first-order valence-corrected chi connectivity index (χ1v) is 11.8. The predicted molar refractivity (Wildman–Crippen MR) is 135 cm³/mol. The molecule has 0 fully saturated rings. The summed E-state index contributed by atoms with van der Waals surface area (Å²) in [6.07, 6.45) is 1.12. The Hall–Kier alpha value is -4.32. The third-order valence-electron chi connectivity index (χ3n) is 7.02. The molecule has 0 spiro atoms. The summed E-state index contributed by atoms with van der Waals surface area (Å²) >= 11 is 0. The molecule has 6 nitrogen and oxygen atoms in total. The highest BCUT2D eigenvalue weighted by Crippen LogP contribution is 2.46. The average molecular weight is 464 g/mol. The monoisotopic (exact) mass is 463 g/mol. The molecule has 0 saturated heterocycles. The number of ether oxygens (including phenoxy) is 1. The fraction of sp³-hybridized carbons (Fsp3) is 0.172. The third kappa shape index (κ3) is 3.58. The minimum atomic E-state index is -0.454. The van der Waals surface area contributed by atoms with Gasteiger partial charge in [0.05, 0.1) is 18.4 Å². The summed E-state index contributed by atoms with van der Waals surface area (Å²) in [6, 6.07) is 27.3. The van der Waals surface area contributed by atoms with Crippen molar-refractivity contribution in [1.82, 2.24) is 9.78 Å². The van der Waals surface area contributed by atoms with E-state index in [-0.39, 0.29) is 17.3 Å². The van der Waals surface area contributed by atoms with Crippen molar-refractivity contribution in [3.05, 3.63) is 123 Å². The molecule has 1 aliphatic heterocycles. The molecule has 6 heteroatoms. The molecular formula is C29H25N3O3. The highest BCUT2D eigenvalue weighted by Gasteiger charge is 2.41. The molecule has 6 rings (SSSR count). The Morgan fingerprint density at radius 3 is 2.20 bits per heavy atom. The van der Waals surface area contributed by atoms with Crippen LogP contribution in [0.5, 0.6) is 5.75 Å². The number of nitrogens with one attached hydrogen (secondary N) is 2. The molecule has 2 aliphatic rings. The van der Waals surface area contributed by atoms with Gasteiger partial charge in [-0.2, -0.15) is 0 Å². The normalized spacial score (nSPS) is 19.1. The average Bonchev–Trinajstić information content (AvgIpc) is 3.24. The van der Waals surface area contributed by atoms with Gasteiger partial charge < -0.3 is 10.1 Å². The SMILES string of the molecule is COc1ccc([C@@H]2C3=C(C[C@H](c4ccccc4)CC3=O)Nc3[nH]n(-c4ccccc4)c(=O)c32)cc1. The highest BCUT2D eigenvalue weighted by atomic mass is 16.5. The number of allylic oxidation sites excluding steroid dienone is 2. The zero-order chi connectivity index (χ0) is 23.9. The first-order valence-electron chi connectivity index (χ1n) is 11.8. The number of methoxy groups -OCH3 is 1. The van der Waals surface area contributed by atoms with E-state index in [4.69, 9.17) is 4.74 Å². The standard InChI is InChI=1S/C29H25N3O3/c1-35-22-14-12-19(13-15-22)25-26-23(16-20(17-24(26)33)18-8-4-2-5-9-18)30-28-27(25)29(34)32(31-28)21-10-6-3-7-11-21/h2-15,20,25,30-31H,16-17H2,1H3/t20-,25+/m0/s1. The second kappa shape index (κ2) is 8.47. The summed E-state index contributed by atoms with van der Waals surface area (Å²) < 4.78 is 6.89. The van der Waals surface area contributed by atoms with Crippen LogP contribution in [0.25, 0.3) is 5.69 Å². The number of rotatable bonds is 4. The lowest BCUT2D eigenvalue weighted by Gasteiger charge is -2.34. The highest BCUT2D eigenvalue weighted by molar-refractivity contribution is 6.01. The number of hydrogen-bond donors (Lipinski definition) is 2. The van der Waals surface area contributed by atoms with Gasteiger partial charge in [-0.05, 0) is 47.7 Å². The maximum atomic E-state index is 13.7. The van der Waals surface area contributed by atoms with Crippen molar-refractivity contribution in [2.45, 2.75) is 24.7 Å². The Morgan fingerprint density at radius 1 is 0.829 bits per heavy atom.